The number of hydrogen-bond donors (Lipinski definition) is 1. The Balaban J connectivity index is 2.49. The molecule has 2 unspecified atom stereocenters. The van der Waals surface area contributed by atoms with Crippen LogP contribution >= 0.6 is 15.9 Å². The van der Waals surface area contributed by atoms with Gasteiger partial charge >= 0.3 is 6.18 Å². The number of hydrogen-bond acceptors (Lipinski definition) is 2. The van der Waals surface area contributed by atoms with E-state index in [-0.39, 0.29) is 10.6 Å². The average Bonchev–Trinajstić information content (AvgIpc) is 2.23. The van der Waals surface area contributed by atoms with E-state index in [0.29, 0.717) is 5.56 Å². The van der Waals surface area contributed by atoms with E-state index in [2.05, 4.69) is 15.9 Å². The fourth-order valence-electron chi connectivity index (χ4n) is 1.92. The summed E-state index contributed by atoms with van der Waals surface area (Å²) in [5, 5.41) is 10.1. The van der Waals surface area contributed by atoms with Crippen LogP contribution < -0.4 is 4.74 Å². The first-order chi connectivity index (χ1) is 8.13. The first-order valence-electron chi connectivity index (χ1n) is 5.35. The van der Waals surface area contributed by atoms with Gasteiger partial charge in [0.05, 0.1) is 16.5 Å². The molecule has 2 rings (SSSR count). The van der Waals surface area contributed by atoms with Crippen LogP contribution in [-0.2, 0) is 6.18 Å². The lowest BCUT2D eigenvalue weighted by molar-refractivity contribution is -0.137. The molecule has 1 aromatic rings. The normalized spacial score (nSPS) is 26.4. The second-order valence-electron chi connectivity index (χ2n) is 4.80. The summed E-state index contributed by atoms with van der Waals surface area (Å²) < 4.78 is 43.3. The summed E-state index contributed by atoms with van der Waals surface area (Å²) in [5.74, 6) is 0.0815. The zero-order valence-corrected chi connectivity index (χ0v) is 11.3. The molecule has 0 amide bonds. The molecule has 2 atom stereocenters. The van der Waals surface area contributed by atoms with Crippen molar-refractivity contribution in [1.82, 2.24) is 0 Å². The molecule has 0 bridgehead atoms. The molecule has 0 radical (unpaired) electrons. The number of aliphatic hydroxyl groups is 1. The Kier molecular flexibility index (Phi) is 3.14. The minimum atomic E-state index is -4.42. The summed E-state index contributed by atoms with van der Waals surface area (Å²) in [6.45, 7) is 3.41. The van der Waals surface area contributed by atoms with Crippen molar-refractivity contribution in [1.29, 1.82) is 0 Å². The SMILES string of the molecule is CC1(C)Oc2cc(C(F)(F)F)ccc2C(O)C1Br. The van der Waals surface area contributed by atoms with Crippen molar-refractivity contribution < 1.29 is 23.0 Å². The Hall–Kier alpha value is -0.750. The van der Waals surface area contributed by atoms with Crippen molar-refractivity contribution in [3.8, 4) is 5.75 Å². The first kappa shape index (κ1) is 13.7. The fraction of sp³-hybridized carbons (Fsp3) is 0.500. The highest BCUT2D eigenvalue weighted by Crippen LogP contribution is 2.45. The molecule has 1 aliphatic rings. The topological polar surface area (TPSA) is 29.5 Å². The van der Waals surface area contributed by atoms with Gasteiger partial charge in [0.2, 0.25) is 0 Å². The zero-order valence-electron chi connectivity index (χ0n) is 9.75. The number of fused-ring (bicyclic) bond motifs is 1. The third kappa shape index (κ3) is 2.23. The van der Waals surface area contributed by atoms with Crippen molar-refractivity contribution in [2.24, 2.45) is 0 Å². The molecule has 1 aromatic carbocycles. The predicted molar refractivity (Wildman–Crippen MR) is 63.8 cm³/mol. The molecule has 0 saturated heterocycles. The van der Waals surface area contributed by atoms with Crippen LogP contribution in [-0.4, -0.2) is 15.5 Å². The van der Waals surface area contributed by atoms with Gasteiger partial charge in [-0.25, -0.2) is 0 Å². The maximum atomic E-state index is 12.6. The van der Waals surface area contributed by atoms with E-state index in [1.54, 1.807) is 13.8 Å². The van der Waals surface area contributed by atoms with Gasteiger partial charge in [-0.3, -0.25) is 0 Å². The highest BCUT2D eigenvalue weighted by atomic mass is 79.9. The van der Waals surface area contributed by atoms with Gasteiger partial charge in [0.25, 0.3) is 0 Å². The number of ether oxygens (including phenoxy) is 1. The Morgan fingerprint density at radius 2 is 1.94 bits per heavy atom. The molecule has 0 spiro atoms. The number of benzene rings is 1. The highest BCUT2D eigenvalue weighted by Gasteiger charge is 2.42. The second kappa shape index (κ2) is 4.13. The molecule has 1 heterocycles. The van der Waals surface area contributed by atoms with Crippen molar-refractivity contribution in [3.05, 3.63) is 29.3 Å². The van der Waals surface area contributed by atoms with Crippen molar-refractivity contribution in [2.45, 2.75) is 36.6 Å². The first-order valence-corrected chi connectivity index (χ1v) is 6.27. The van der Waals surface area contributed by atoms with E-state index < -0.39 is 23.4 Å². The maximum Gasteiger partial charge on any atom is 0.416 e. The summed E-state index contributed by atoms with van der Waals surface area (Å²) in [5.41, 5.74) is -1.20. The number of halogens is 4. The molecular weight excluding hydrogens is 313 g/mol. The van der Waals surface area contributed by atoms with Crippen LogP contribution in [0.15, 0.2) is 18.2 Å². The van der Waals surface area contributed by atoms with Gasteiger partial charge in [-0.2, -0.15) is 13.2 Å². The van der Waals surface area contributed by atoms with Gasteiger partial charge in [-0.05, 0) is 26.0 Å². The summed E-state index contributed by atoms with van der Waals surface area (Å²) in [7, 11) is 0. The third-order valence-corrected chi connectivity index (χ3v) is 4.58. The molecule has 0 aromatic heterocycles. The van der Waals surface area contributed by atoms with Gasteiger partial charge in [-0.1, -0.05) is 22.0 Å². The Bertz CT molecular complexity index is 471. The van der Waals surface area contributed by atoms with E-state index in [1.807, 2.05) is 0 Å². The minimum absolute atomic E-state index is 0.0815. The summed E-state index contributed by atoms with van der Waals surface area (Å²) >= 11 is 3.31. The lowest BCUT2D eigenvalue weighted by Crippen LogP contribution is -2.45. The van der Waals surface area contributed by atoms with Crippen molar-refractivity contribution in [3.63, 3.8) is 0 Å². The molecule has 6 heteroatoms. The zero-order chi connectivity index (χ0) is 13.7. The number of rotatable bonds is 0. The van der Waals surface area contributed by atoms with Crippen molar-refractivity contribution in [2.75, 3.05) is 0 Å². The van der Waals surface area contributed by atoms with Crippen LogP contribution in [0.1, 0.15) is 31.1 Å². The fourth-order valence-corrected chi connectivity index (χ4v) is 2.30. The summed E-state index contributed by atoms with van der Waals surface area (Å²) in [6, 6.07) is 3.13. The molecule has 2 nitrogen and oxygen atoms in total. The smallest absolute Gasteiger partial charge is 0.416 e. The van der Waals surface area contributed by atoms with E-state index in [4.69, 9.17) is 4.74 Å². The predicted octanol–water partition coefficient (Wildman–Crippen LogP) is 3.67. The van der Waals surface area contributed by atoms with Gasteiger partial charge < -0.3 is 9.84 Å². The van der Waals surface area contributed by atoms with Crippen LogP contribution in [0.4, 0.5) is 13.2 Å². The van der Waals surface area contributed by atoms with Crippen molar-refractivity contribution >= 4 is 15.9 Å². The maximum absolute atomic E-state index is 12.6. The lowest BCUT2D eigenvalue weighted by Gasteiger charge is -2.40. The number of aliphatic hydroxyl groups excluding tert-OH is 1. The quantitative estimate of drug-likeness (QED) is 0.738. The lowest BCUT2D eigenvalue weighted by atomic mass is 9.91. The molecule has 0 fully saturated rings. The minimum Gasteiger partial charge on any atom is -0.486 e. The Labute approximate surface area is 111 Å². The van der Waals surface area contributed by atoms with Crippen LogP contribution in [0.3, 0.4) is 0 Å². The standard InChI is InChI=1S/C12H12BrF3O2/c1-11(2)10(13)9(17)7-4-3-6(12(14,15)16)5-8(7)18-11/h3-5,9-10,17H,1-2H3. The molecule has 18 heavy (non-hydrogen) atoms. The molecular formula is C12H12BrF3O2. The van der Waals surface area contributed by atoms with Crippen LogP contribution in [0, 0.1) is 0 Å². The van der Waals surface area contributed by atoms with E-state index in [1.165, 1.54) is 6.07 Å². The largest absolute Gasteiger partial charge is 0.486 e. The van der Waals surface area contributed by atoms with Crippen LogP contribution in [0.2, 0.25) is 0 Å². The third-order valence-electron chi connectivity index (χ3n) is 2.97. The Morgan fingerprint density at radius 3 is 2.50 bits per heavy atom. The van der Waals surface area contributed by atoms with E-state index >= 15 is 0 Å². The second-order valence-corrected chi connectivity index (χ2v) is 5.79. The molecule has 0 saturated carbocycles. The molecule has 1 aliphatic heterocycles. The summed E-state index contributed by atoms with van der Waals surface area (Å²) in [6.07, 6.45) is -5.32. The monoisotopic (exact) mass is 324 g/mol. The summed E-state index contributed by atoms with van der Waals surface area (Å²) in [4.78, 5) is -0.380. The molecule has 0 aliphatic carbocycles. The van der Waals surface area contributed by atoms with E-state index in [9.17, 15) is 18.3 Å². The van der Waals surface area contributed by atoms with Gasteiger partial charge in [0, 0.05) is 5.56 Å². The average molecular weight is 325 g/mol. The molecule has 1 N–H and O–H groups in total. The number of alkyl halides is 4. The van der Waals surface area contributed by atoms with Gasteiger partial charge in [0.15, 0.2) is 0 Å². The van der Waals surface area contributed by atoms with Crippen LogP contribution in [0.5, 0.6) is 5.75 Å². The Morgan fingerprint density at radius 1 is 1.33 bits per heavy atom. The van der Waals surface area contributed by atoms with Crippen LogP contribution in [0.25, 0.3) is 0 Å². The highest BCUT2D eigenvalue weighted by molar-refractivity contribution is 9.09. The molecule has 100 valence electrons. The van der Waals surface area contributed by atoms with E-state index in [0.717, 1.165) is 12.1 Å². The van der Waals surface area contributed by atoms with Gasteiger partial charge in [-0.15, -0.1) is 0 Å². The van der Waals surface area contributed by atoms with Gasteiger partial charge in [0.1, 0.15) is 11.4 Å².